The van der Waals surface area contributed by atoms with Crippen molar-refractivity contribution in [3.05, 3.63) is 59.2 Å². The molecule has 0 bridgehead atoms. The third kappa shape index (κ3) is 4.74. The molecule has 4 nitrogen and oxygen atoms in total. The molecule has 0 spiro atoms. The van der Waals surface area contributed by atoms with Gasteiger partial charge in [-0.25, -0.2) is 0 Å². The third-order valence-electron chi connectivity index (χ3n) is 3.56. The summed E-state index contributed by atoms with van der Waals surface area (Å²) in [5.74, 6) is 1.46. The monoisotopic (exact) mass is 313 g/mol. The van der Waals surface area contributed by atoms with Crippen molar-refractivity contribution in [3.8, 4) is 11.5 Å². The minimum atomic E-state index is -0.115. The summed E-state index contributed by atoms with van der Waals surface area (Å²) in [6.07, 6.45) is 0. The summed E-state index contributed by atoms with van der Waals surface area (Å²) < 4.78 is 10.9. The van der Waals surface area contributed by atoms with Crippen LogP contribution in [0.15, 0.2) is 42.5 Å². The van der Waals surface area contributed by atoms with Gasteiger partial charge in [0, 0.05) is 5.56 Å². The molecule has 0 saturated carbocycles. The molecule has 0 fully saturated rings. The van der Waals surface area contributed by atoms with Crippen LogP contribution >= 0.6 is 0 Å². The molecule has 122 valence electrons. The molecule has 2 rings (SSSR count). The molecule has 4 heteroatoms. The van der Waals surface area contributed by atoms with Gasteiger partial charge in [0.1, 0.15) is 18.1 Å². The van der Waals surface area contributed by atoms with Gasteiger partial charge in [0.25, 0.3) is 5.91 Å². The normalized spacial score (nSPS) is 11.7. The van der Waals surface area contributed by atoms with Gasteiger partial charge < -0.3 is 14.8 Å². The standard InChI is InChI=1S/C19H23NO3/c1-13-5-8-17(9-6-13)23-12-15(3)20-19(21)16-7-10-18(22-4)14(2)11-16/h5-11,15H,12H2,1-4H3,(H,20,21). The van der Waals surface area contributed by atoms with Gasteiger partial charge in [0.15, 0.2) is 0 Å². The number of rotatable bonds is 6. The van der Waals surface area contributed by atoms with Crippen LogP contribution < -0.4 is 14.8 Å². The third-order valence-corrected chi connectivity index (χ3v) is 3.56. The van der Waals surface area contributed by atoms with Gasteiger partial charge in [0.2, 0.25) is 0 Å². The summed E-state index contributed by atoms with van der Waals surface area (Å²) in [6.45, 7) is 6.29. The maximum absolute atomic E-state index is 12.3. The van der Waals surface area contributed by atoms with Crippen molar-refractivity contribution in [3.63, 3.8) is 0 Å². The molecular weight excluding hydrogens is 290 g/mol. The summed E-state index contributed by atoms with van der Waals surface area (Å²) in [6, 6.07) is 13.1. The fourth-order valence-electron chi connectivity index (χ4n) is 2.22. The van der Waals surface area contributed by atoms with Crippen LogP contribution in [0.3, 0.4) is 0 Å². The maximum Gasteiger partial charge on any atom is 0.251 e. The molecule has 0 heterocycles. The first-order chi connectivity index (χ1) is 11.0. The van der Waals surface area contributed by atoms with Crippen LogP contribution in [0.25, 0.3) is 0 Å². The van der Waals surface area contributed by atoms with E-state index in [9.17, 15) is 4.79 Å². The molecule has 0 saturated heterocycles. The number of hydrogen-bond acceptors (Lipinski definition) is 3. The van der Waals surface area contributed by atoms with Crippen molar-refractivity contribution in [2.24, 2.45) is 0 Å². The molecule has 1 unspecified atom stereocenters. The number of aryl methyl sites for hydroxylation is 2. The van der Waals surface area contributed by atoms with Crippen molar-refractivity contribution >= 4 is 5.91 Å². The maximum atomic E-state index is 12.3. The van der Waals surface area contributed by atoms with Crippen molar-refractivity contribution in [1.29, 1.82) is 0 Å². The van der Waals surface area contributed by atoms with Crippen LogP contribution in [0.2, 0.25) is 0 Å². The largest absolute Gasteiger partial charge is 0.496 e. The van der Waals surface area contributed by atoms with Crippen molar-refractivity contribution < 1.29 is 14.3 Å². The molecule has 2 aromatic rings. The van der Waals surface area contributed by atoms with Crippen LogP contribution in [0.4, 0.5) is 0 Å². The Bertz CT molecular complexity index is 665. The van der Waals surface area contributed by atoms with Gasteiger partial charge >= 0.3 is 0 Å². The first kappa shape index (κ1) is 16.9. The lowest BCUT2D eigenvalue weighted by Crippen LogP contribution is -2.36. The van der Waals surface area contributed by atoms with Gasteiger partial charge in [-0.3, -0.25) is 4.79 Å². The van der Waals surface area contributed by atoms with E-state index in [0.29, 0.717) is 12.2 Å². The van der Waals surface area contributed by atoms with E-state index in [4.69, 9.17) is 9.47 Å². The van der Waals surface area contributed by atoms with Crippen LogP contribution in [-0.2, 0) is 0 Å². The second-order valence-corrected chi connectivity index (χ2v) is 5.68. The van der Waals surface area contributed by atoms with Crippen LogP contribution in [0.1, 0.15) is 28.4 Å². The molecule has 1 amide bonds. The summed E-state index contributed by atoms with van der Waals surface area (Å²) in [4.78, 5) is 12.3. The summed E-state index contributed by atoms with van der Waals surface area (Å²) >= 11 is 0. The average Bonchev–Trinajstić information content (AvgIpc) is 2.54. The highest BCUT2D eigenvalue weighted by Gasteiger charge is 2.12. The number of hydrogen-bond donors (Lipinski definition) is 1. The number of nitrogens with one attached hydrogen (secondary N) is 1. The quantitative estimate of drug-likeness (QED) is 0.888. The zero-order valence-corrected chi connectivity index (χ0v) is 14.1. The van der Waals surface area contributed by atoms with Crippen molar-refractivity contribution in [2.45, 2.75) is 26.8 Å². The van der Waals surface area contributed by atoms with Gasteiger partial charge in [0.05, 0.1) is 13.2 Å². The predicted molar refractivity (Wildman–Crippen MR) is 91.3 cm³/mol. The highest BCUT2D eigenvalue weighted by atomic mass is 16.5. The van der Waals surface area contributed by atoms with E-state index in [-0.39, 0.29) is 11.9 Å². The Labute approximate surface area is 137 Å². The number of carbonyl (C=O) groups is 1. The van der Waals surface area contributed by atoms with E-state index in [0.717, 1.165) is 17.1 Å². The van der Waals surface area contributed by atoms with Crippen LogP contribution in [0.5, 0.6) is 11.5 Å². The Balaban J connectivity index is 1.89. The number of benzene rings is 2. The zero-order valence-electron chi connectivity index (χ0n) is 14.1. The summed E-state index contributed by atoms with van der Waals surface area (Å²) in [7, 11) is 1.62. The molecule has 0 aliphatic carbocycles. The van der Waals surface area contributed by atoms with Gasteiger partial charge in [-0.15, -0.1) is 0 Å². The minimum Gasteiger partial charge on any atom is -0.496 e. The second kappa shape index (κ2) is 7.68. The number of carbonyl (C=O) groups excluding carboxylic acids is 1. The molecule has 0 aromatic heterocycles. The minimum absolute atomic E-state index is 0.0915. The fourth-order valence-corrected chi connectivity index (χ4v) is 2.22. The van der Waals surface area contributed by atoms with E-state index < -0.39 is 0 Å². The van der Waals surface area contributed by atoms with E-state index in [2.05, 4.69) is 5.32 Å². The Kier molecular flexibility index (Phi) is 5.63. The Morgan fingerprint density at radius 3 is 2.43 bits per heavy atom. The highest BCUT2D eigenvalue weighted by Crippen LogP contribution is 2.18. The van der Waals surface area contributed by atoms with E-state index in [1.54, 1.807) is 19.2 Å². The Morgan fingerprint density at radius 1 is 1.13 bits per heavy atom. The lowest BCUT2D eigenvalue weighted by Gasteiger charge is -2.16. The summed E-state index contributed by atoms with van der Waals surface area (Å²) in [5.41, 5.74) is 2.74. The number of ether oxygens (including phenoxy) is 2. The summed E-state index contributed by atoms with van der Waals surface area (Å²) in [5, 5.41) is 2.94. The molecule has 2 aromatic carbocycles. The van der Waals surface area contributed by atoms with Crippen molar-refractivity contribution in [1.82, 2.24) is 5.32 Å². The Hall–Kier alpha value is -2.49. The molecule has 0 radical (unpaired) electrons. The van der Waals surface area contributed by atoms with Crippen LogP contribution in [0, 0.1) is 13.8 Å². The van der Waals surface area contributed by atoms with Crippen molar-refractivity contribution in [2.75, 3.05) is 13.7 Å². The topological polar surface area (TPSA) is 47.6 Å². The first-order valence-corrected chi connectivity index (χ1v) is 7.64. The lowest BCUT2D eigenvalue weighted by atomic mass is 10.1. The molecule has 23 heavy (non-hydrogen) atoms. The first-order valence-electron chi connectivity index (χ1n) is 7.64. The molecule has 0 aliphatic heterocycles. The predicted octanol–water partition coefficient (Wildman–Crippen LogP) is 3.51. The van der Waals surface area contributed by atoms with Gasteiger partial charge in [-0.2, -0.15) is 0 Å². The zero-order chi connectivity index (χ0) is 16.8. The van der Waals surface area contributed by atoms with E-state index in [1.165, 1.54) is 5.56 Å². The SMILES string of the molecule is COc1ccc(C(=O)NC(C)COc2ccc(C)cc2)cc1C. The van der Waals surface area contributed by atoms with Crippen LogP contribution in [-0.4, -0.2) is 25.7 Å². The lowest BCUT2D eigenvalue weighted by molar-refractivity contribution is 0.0926. The van der Waals surface area contributed by atoms with Gasteiger partial charge in [-0.1, -0.05) is 17.7 Å². The molecule has 0 aliphatic rings. The Morgan fingerprint density at radius 2 is 1.83 bits per heavy atom. The highest BCUT2D eigenvalue weighted by molar-refractivity contribution is 5.94. The van der Waals surface area contributed by atoms with E-state index in [1.807, 2.05) is 51.1 Å². The molecule has 1 atom stereocenters. The second-order valence-electron chi connectivity index (χ2n) is 5.68. The fraction of sp³-hybridized carbons (Fsp3) is 0.316. The molecular formula is C19H23NO3. The van der Waals surface area contributed by atoms with Gasteiger partial charge in [-0.05, 0) is 56.7 Å². The number of amides is 1. The molecule has 1 N–H and O–H groups in total. The average molecular weight is 313 g/mol. The number of methoxy groups -OCH3 is 1. The smallest absolute Gasteiger partial charge is 0.251 e. The van der Waals surface area contributed by atoms with E-state index >= 15 is 0 Å².